The van der Waals surface area contributed by atoms with Gasteiger partial charge in [-0.1, -0.05) is 62.2 Å². The molecule has 0 fully saturated rings. The fourth-order valence-corrected chi connectivity index (χ4v) is 5.78. The van der Waals surface area contributed by atoms with Crippen molar-refractivity contribution in [3.63, 3.8) is 0 Å². The molecule has 4 aromatic carbocycles. The number of rotatable bonds is 16. The van der Waals surface area contributed by atoms with E-state index in [4.69, 9.17) is 9.47 Å². The van der Waals surface area contributed by atoms with Crippen molar-refractivity contribution in [1.29, 1.82) is 0 Å². The Bertz CT molecular complexity index is 1670. The van der Waals surface area contributed by atoms with Gasteiger partial charge in [-0.3, -0.25) is 14.3 Å². The molecule has 0 saturated carbocycles. The highest BCUT2D eigenvalue weighted by Crippen LogP contribution is 2.26. The van der Waals surface area contributed by atoms with Crippen molar-refractivity contribution in [2.45, 2.75) is 43.7 Å². The minimum absolute atomic E-state index is 0.0412. The maximum absolute atomic E-state index is 13.9. The van der Waals surface area contributed by atoms with Gasteiger partial charge in [-0.25, -0.2) is 12.8 Å². The highest BCUT2D eigenvalue weighted by molar-refractivity contribution is 7.92. The molecule has 0 spiro atoms. The number of unbranched alkanes of at least 4 members (excludes halogenated alkanes) is 2. The molecule has 1 atom stereocenters. The summed E-state index contributed by atoms with van der Waals surface area (Å²) >= 11 is 0. The zero-order valence-electron chi connectivity index (χ0n) is 25.8. The average molecular weight is 648 g/mol. The Kier molecular flexibility index (Phi) is 12.1. The lowest BCUT2D eigenvalue weighted by molar-refractivity contribution is -0.143. The van der Waals surface area contributed by atoms with Crippen LogP contribution in [0.5, 0.6) is 11.5 Å². The lowest BCUT2D eigenvalue weighted by Crippen LogP contribution is -2.45. The molecule has 9 nitrogen and oxygen atoms in total. The summed E-state index contributed by atoms with van der Waals surface area (Å²) < 4.78 is 52.3. The third-order valence-electron chi connectivity index (χ3n) is 7.18. The summed E-state index contributed by atoms with van der Waals surface area (Å²) in [5.41, 5.74) is 1.66. The second-order valence-corrected chi connectivity index (χ2v) is 12.2. The van der Waals surface area contributed by atoms with Crippen LogP contribution in [0.2, 0.25) is 0 Å². The molecule has 0 bridgehead atoms. The number of halogens is 1. The van der Waals surface area contributed by atoms with Crippen LogP contribution in [-0.2, 0) is 26.2 Å². The van der Waals surface area contributed by atoms with Crippen molar-refractivity contribution in [3.8, 4) is 11.5 Å². The summed E-state index contributed by atoms with van der Waals surface area (Å²) in [7, 11) is -2.38. The molecule has 0 aliphatic rings. The number of carbonyl (C=O) groups excluding carboxylic acids is 2. The van der Waals surface area contributed by atoms with E-state index in [0.717, 1.165) is 37.0 Å². The molecule has 2 N–H and O–H groups in total. The standard InChI is InChI=1S/C35H38FN3O6S/c1-3-4-8-23-37-35(41)34(27-9-6-5-7-10-27)39(24-26-11-17-30(44-2)18-12-26)33(40)25-45-31-19-21-32(22-20-31)46(42,43)38-29-15-13-28(36)14-16-29/h5-7,9-22,34,38H,3-4,8,23-25H2,1-2H3,(H,37,41). The van der Waals surface area contributed by atoms with Gasteiger partial charge in [-0.05, 0) is 78.2 Å². The van der Waals surface area contributed by atoms with Crippen LogP contribution in [0.15, 0.2) is 108 Å². The van der Waals surface area contributed by atoms with E-state index in [0.29, 0.717) is 17.9 Å². The molecule has 11 heteroatoms. The van der Waals surface area contributed by atoms with Gasteiger partial charge in [-0.15, -0.1) is 0 Å². The number of benzene rings is 4. The number of nitrogens with one attached hydrogen (secondary N) is 2. The van der Waals surface area contributed by atoms with Gasteiger partial charge in [0.15, 0.2) is 6.61 Å². The van der Waals surface area contributed by atoms with Crippen molar-refractivity contribution in [1.82, 2.24) is 10.2 Å². The minimum Gasteiger partial charge on any atom is -0.497 e. The SMILES string of the molecule is CCCCCNC(=O)C(c1ccccc1)N(Cc1ccc(OC)cc1)C(=O)COc1ccc(S(=O)(=O)Nc2ccc(F)cc2)cc1. The zero-order chi connectivity index (χ0) is 32.9. The average Bonchev–Trinajstić information content (AvgIpc) is 3.07. The zero-order valence-corrected chi connectivity index (χ0v) is 26.6. The van der Waals surface area contributed by atoms with Gasteiger partial charge in [-0.2, -0.15) is 0 Å². The molecule has 46 heavy (non-hydrogen) atoms. The molecule has 4 rings (SSSR count). The smallest absolute Gasteiger partial charge is 0.261 e. The maximum Gasteiger partial charge on any atom is 0.261 e. The molecule has 0 radical (unpaired) electrons. The first kappa shape index (κ1) is 34.0. The van der Waals surface area contributed by atoms with Crippen LogP contribution in [0.1, 0.15) is 43.4 Å². The first-order valence-corrected chi connectivity index (χ1v) is 16.4. The third-order valence-corrected chi connectivity index (χ3v) is 8.58. The van der Waals surface area contributed by atoms with Gasteiger partial charge in [0.1, 0.15) is 23.4 Å². The molecule has 0 saturated heterocycles. The lowest BCUT2D eigenvalue weighted by atomic mass is 10.0. The number of methoxy groups -OCH3 is 1. The molecular weight excluding hydrogens is 609 g/mol. The quantitative estimate of drug-likeness (QED) is 0.142. The molecule has 1 unspecified atom stereocenters. The fraction of sp³-hybridized carbons (Fsp3) is 0.257. The van der Waals surface area contributed by atoms with E-state index in [9.17, 15) is 22.4 Å². The first-order valence-electron chi connectivity index (χ1n) is 15.0. The van der Waals surface area contributed by atoms with Crippen LogP contribution in [0.4, 0.5) is 10.1 Å². The largest absolute Gasteiger partial charge is 0.497 e. The Morgan fingerprint density at radius 1 is 0.848 bits per heavy atom. The first-order chi connectivity index (χ1) is 22.2. The highest BCUT2D eigenvalue weighted by atomic mass is 32.2. The molecule has 242 valence electrons. The second-order valence-electron chi connectivity index (χ2n) is 10.6. The van der Waals surface area contributed by atoms with E-state index in [1.54, 1.807) is 19.2 Å². The third kappa shape index (κ3) is 9.55. The van der Waals surface area contributed by atoms with Gasteiger partial charge >= 0.3 is 0 Å². The second kappa shape index (κ2) is 16.4. The predicted octanol–water partition coefficient (Wildman–Crippen LogP) is 6.09. The Labute approximate surface area is 269 Å². The summed E-state index contributed by atoms with van der Waals surface area (Å²) in [6, 6.07) is 25.9. The van der Waals surface area contributed by atoms with Gasteiger partial charge in [0.05, 0.1) is 12.0 Å². The number of hydrogen-bond donors (Lipinski definition) is 2. The Balaban J connectivity index is 1.53. The number of carbonyl (C=O) groups is 2. The molecule has 0 aromatic heterocycles. The lowest BCUT2D eigenvalue weighted by Gasteiger charge is -2.31. The molecule has 0 heterocycles. The normalized spacial score (nSPS) is 11.7. The van der Waals surface area contributed by atoms with E-state index in [-0.39, 0.29) is 28.8 Å². The Morgan fingerprint density at radius 3 is 2.13 bits per heavy atom. The van der Waals surface area contributed by atoms with Crippen LogP contribution in [0.25, 0.3) is 0 Å². The van der Waals surface area contributed by atoms with Gasteiger partial charge < -0.3 is 19.7 Å². The van der Waals surface area contributed by atoms with Crippen molar-refractivity contribution in [3.05, 3.63) is 120 Å². The number of amides is 2. The van der Waals surface area contributed by atoms with E-state index in [2.05, 4.69) is 17.0 Å². The number of nitrogens with zero attached hydrogens (tertiary/aromatic N) is 1. The summed E-state index contributed by atoms with van der Waals surface area (Å²) in [5.74, 6) is -0.296. The molecule has 0 aliphatic carbocycles. The maximum atomic E-state index is 13.9. The molecule has 2 amide bonds. The van der Waals surface area contributed by atoms with Crippen LogP contribution in [0.3, 0.4) is 0 Å². The van der Waals surface area contributed by atoms with E-state index < -0.39 is 34.4 Å². The van der Waals surface area contributed by atoms with Crippen LogP contribution < -0.4 is 19.5 Å². The van der Waals surface area contributed by atoms with Gasteiger partial charge in [0.2, 0.25) is 5.91 Å². The monoisotopic (exact) mass is 647 g/mol. The summed E-state index contributed by atoms with van der Waals surface area (Å²) in [4.78, 5) is 28.9. The van der Waals surface area contributed by atoms with Crippen molar-refractivity contribution < 1.29 is 31.9 Å². The van der Waals surface area contributed by atoms with Gasteiger partial charge in [0, 0.05) is 18.8 Å². The van der Waals surface area contributed by atoms with Crippen LogP contribution in [0, 0.1) is 5.82 Å². The number of ether oxygens (including phenoxy) is 2. The van der Waals surface area contributed by atoms with Crippen LogP contribution in [-0.4, -0.2) is 45.4 Å². The topological polar surface area (TPSA) is 114 Å². The fourth-order valence-electron chi connectivity index (χ4n) is 4.72. The molecular formula is C35H38FN3O6S. The van der Waals surface area contributed by atoms with E-state index in [1.165, 1.54) is 41.3 Å². The van der Waals surface area contributed by atoms with Gasteiger partial charge in [0.25, 0.3) is 15.9 Å². The van der Waals surface area contributed by atoms with Crippen LogP contribution >= 0.6 is 0 Å². The molecule has 0 aliphatic heterocycles. The molecule has 4 aromatic rings. The van der Waals surface area contributed by atoms with E-state index in [1.807, 2.05) is 42.5 Å². The number of sulfonamides is 1. The van der Waals surface area contributed by atoms with E-state index >= 15 is 0 Å². The summed E-state index contributed by atoms with van der Waals surface area (Å²) in [5, 5.41) is 2.99. The van der Waals surface area contributed by atoms with Crippen molar-refractivity contribution in [2.24, 2.45) is 0 Å². The minimum atomic E-state index is -3.95. The number of hydrogen-bond acceptors (Lipinski definition) is 6. The summed E-state index contributed by atoms with van der Waals surface area (Å²) in [6.07, 6.45) is 2.81. The highest BCUT2D eigenvalue weighted by Gasteiger charge is 2.31. The Morgan fingerprint density at radius 2 is 1.50 bits per heavy atom. The van der Waals surface area contributed by atoms with Crippen molar-refractivity contribution in [2.75, 3.05) is 25.0 Å². The number of anilines is 1. The predicted molar refractivity (Wildman–Crippen MR) is 174 cm³/mol. The summed E-state index contributed by atoms with van der Waals surface area (Å²) in [6.45, 7) is 2.30. The Hall–Kier alpha value is -4.90. The van der Waals surface area contributed by atoms with Crippen molar-refractivity contribution >= 4 is 27.5 Å².